The number of sulfonamides is 1. The molecule has 30 heavy (non-hydrogen) atoms. The third kappa shape index (κ3) is 3.73. The van der Waals surface area contributed by atoms with Crippen LogP contribution in [-0.2, 0) is 16.6 Å². The van der Waals surface area contributed by atoms with E-state index in [2.05, 4.69) is 25.0 Å². The highest BCUT2D eigenvalue weighted by Crippen LogP contribution is 2.38. The van der Waals surface area contributed by atoms with E-state index in [0.29, 0.717) is 5.56 Å². The molecule has 4 rings (SSSR count). The number of fused-ring (bicyclic) bond motifs is 1. The minimum atomic E-state index is -4.00. The first kappa shape index (κ1) is 19.9. The Morgan fingerprint density at radius 1 is 1.07 bits per heavy atom. The summed E-state index contributed by atoms with van der Waals surface area (Å²) >= 11 is 0. The van der Waals surface area contributed by atoms with Gasteiger partial charge in [-0.15, -0.1) is 0 Å². The second kappa shape index (κ2) is 7.79. The topological polar surface area (TPSA) is 96.3 Å². The monoisotopic (exact) mass is 429 g/mol. The molecule has 2 aromatic carbocycles. The maximum absolute atomic E-state index is 14.8. The third-order valence-electron chi connectivity index (χ3n) is 4.76. The van der Waals surface area contributed by atoms with Crippen LogP contribution in [0.5, 0.6) is 0 Å². The van der Waals surface area contributed by atoms with Gasteiger partial charge in [-0.2, -0.15) is 0 Å². The van der Waals surface area contributed by atoms with Gasteiger partial charge in [0.2, 0.25) is 5.96 Å². The number of halogens is 2. The molecule has 0 amide bonds. The lowest BCUT2D eigenvalue weighted by Gasteiger charge is -2.26. The van der Waals surface area contributed by atoms with Crippen molar-refractivity contribution in [3.05, 3.63) is 83.4 Å². The lowest BCUT2D eigenvalue weighted by molar-refractivity contribution is 0.577. The number of anilines is 1. The zero-order chi connectivity index (χ0) is 21.3. The van der Waals surface area contributed by atoms with Crippen molar-refractivity contribution in [2.75, 3.05) is 5.32 Å². The van der Waals surface area contributed by atoms with Crippen LogP contribution >= 0.6 is 0 Å². The summed E-state index contributed by atoms with van der Waals surface area (Å²) in [5, 5.41) is 2.86. The van der Waals surface area contributed by atoms with Crippen LogP contribution < -0.4 is 10.0 Å². The fraction of sp³-hybridized carbons (Fsp3) is 0.150. The van der Waals surface area contributed by atoms with E-state index in [-0.39, 0.29) is 34.2 Å². The summed E-state index contributed by atoms with van der Waals surface area (Å²) in [5.41, 5.74) is 0.990. The fourth-order valence-electron chi connectivity index (χ4n) is 3.31. The molecule has 0 saturated carbocycles. The molecule has 1 atom stereocenters. The van der Waals surface area contributed by atoms with Crippen LogP contribution in [0.3, 0.4) is 0 Å². The summed E-state index contributed by atoms with van der Waals surface area (Å²) in [6.45, 7) is 1.72. The van der Waals surface area contributed by atoms with E-state index in [9.17, 15) is 17.2 Å². The smallest absolute Gasteiger partial charge is 0.266 e. The number of aliphatic imine (C=N–C) groups is 1. The number of rotatable bonds is 4. The van der Waals surface area contributed by atoms with Gasteiger partial charge in [0.15, 0.2) is 0 Å². The molecule has 1 aromatic heterocycles. The van der Waals surface area contributed by atoms with E-state index < -0.39 is 27.6 Å². The predicted octanol–water partition coefficient (Wildman–Crippen LogP) is 3.17. The Hall–Kier alpha value is -3.40. The summed E-state index contributed by atoms with van der Waals surface area (Å²) in [6.07, 6.45) is 4.47. The molecule has 7 nitrogen and oxygen atoms in total. The molecule has 10 heteroatoms. The van der Waals surface area contributed by atoms with Crippen LogP contribution in [0, 0.1) is 11.6 Å². The standard InChI is InChI=1S/C20H17F2N5O2S/c1-12(14-4-2-3-5-15(14)21)18-16(22)6-7-17-19(18)26-20(27-30(17,28)29)25-10-13-8-23-11-24-9-13/h2-9,11-12H,10H2,1H3,(H2,25,26,27). The zero-order valence-corrected chi connectivity index (χ0v) is 16.6. The lowest BCUT2D eigenvalue weighted by Crippen LogP contribution is -2.41. The number of nitrogens with one attached hydrogen (secondary N) is 2. The van der Waals surface area contributed by atoms with Gasteiger partial charge in [0.1, 0.15) is 22.9 Å². The van der Waals surface area contributed by atoms with Crippen LogP contribution in [0.15, 0.2) is 65.0 Å². The van der Waals surface area contributed by atoms with Crippen molar-refractivity contribution in [1.29, 1.82) is 0 Å². The van der Waals surface area contributed by atoms with E-state index in [4.69, 9.17) is 0 Å². The molecule has 2 N–H and O–H groups in total. The summed E-state index contributed by atoms with van der Waals surface area (Å²) in [6, 6.07) is 8.23. The summed E-state index contributed by atoms with van der Waals surface area (Å²) in [7, 11) is -4.00. The Bertz CT molecular complexity index is 1230. The van der Waals surface area contributed by atoms with Crippen LogP contribution in [0.25, 0.3) is 0 Å². The van der Waals surface area contributed by atoms with E-state index in [1.807, 2.05) is 0 Å². The van der Waals surface area contributed by atoms with E-state index in [0.717, 1.165) is 6.07 Å². The maximum Gasteiger partial charge on any atom is 0.266 e. The molecular weight excluding hydrogens is 412 g/mol. The Morgan fingerprint density at radius 3 is 2.53 bits per heavy atom. The first-order valence-corrected chi connectivity index (χ1v) is 10.5. The van der Waals surface area contributed by atoms with Gasteiger partial charge >= 0.3 is 0 Å². The molecule has 0 spiro atoms. The number of hydrogen-bond donors (Lipinski definition) is 2. The van der Waals surface area contributed by atoms with Gasteiger partial charge in [0.25, 0.3) is 10.0 Å². The van der Waals surface area contributed by atoms with Gasteiger partial charge in [0.05, 0.1) is 12.2 Å². The van der Waals surface area contributed by atoms with Crippen molar-refractivity contribution in [3.8, 4) is 0 Å². The Kier molecular flexibility index (Phi) is 5.17. The number of guanidine groups is 1. The maximum atomic E-state index is 14.8. The van der Waals surface area contributed by atoms with Gasteiger partial charge in [-0.05, 0) is 23.8 Å². The first-order valence-electron chi connectivity index (χ1n) is 9.02. The molecular formula is C20H17F2N5O2S. The number of hydrogen-bond acceptors (Lipinski definition) is 5. The van der Waals surface area contributed by atoms with E-state index in [1.165, 1.54) is 24.5 Å². The average molecular weight is 429 g/mol. The van der Waals surface area contributed by atoms with E-state index >= 15 is 0 Å². The van der Waals surface area contributed by atoms with Crippen LogP contribution in [0.2, 0.25) is 0 Å². The molecule has 0 saturated heterocycles. The van der Waals surface area contributed by atoms with Crippen LogP contribution in [0.1, 0.15) is 29.5 Å². The molecule has 1 aliphatic heterocycles. The first-order chi connectivity index (χ1) is 14.4. The quantitative estimate of drug-likeness (QED) is 0.664. The Balaban J connectivity index is 1.79. The van der Waals surface area contributed by atoms with Gasteiger partial charge in [-0.1, -0.05) is 25.1 Å². The fourth-order valence-corrected chi connectivity index (χ4v) is 4.47. The van der Waals surface area contributed by atoms with Gasteiger partial charge in [-0.3, -0.25) is 0 Å². The van der Waals surface area contributed by atoms with Crippen LogP contribution in [0.4, 0.5) is 14.5 Å². The molecule has 0 radical (unpaired) electrons. The highest BCUT2D eigenvalue weighted by molar-refractivity contribution is 7.90. The molecule has 1 aliphatic rings. The number of nitrogens with zero attached hydrogens (tertiary/aromatic N) is 3. The zero-order valence-electron chi connectivity index (χ0n) is 15.8. The minimum Gasteiger partial charge on any atom is -0.324 e. The molecule has 0 bridgehead atoms. The Labute approximate surface area is 172 Å². The van der Waals surface area contributed by atoms with Gasteiger partial charge in [0, 0.05) is 29.4 Å². The van der Waals surface area contributed by atoms with Crippen molar-refractivity contribution in [3.63, 3.8) is 0 Å². The average Bonchev–Trinajstić information content (AvgIpc) is 2.72. The van der Waals surface area contributed by atoms with Gasteiger partial charge < -0.3 is 5.32 Å². The normalized spacial score (nSPS) is 17.0. The SMILES string of the molecule is CC(c1ccccc1F)c1c(F)ccc2c1NC(=NCc1cncnc1)NS2(=O)=O. The largest absolute Gasteiger partial charge is 0.324 e. The van der Waals surface area contributed by atoms with Crippen molar-refractivity contribution in [2.45, 2.75) is 24.3 Å². The van der Waals surface area contributed by atoms with Crippen molar-refractivity contribution in [2.24, 2.45) is 4.99 Å². The third-order valence-corrected chi connectivity index (χ3v) is 6.14. The van der Waals surface area contributed by atoms with Crippen molar-refractivity contribution in [1.82, 2.24) is 14.7 Å². The lowest BCUT2D eigenvalue weighted by atomic mass is 9.91. The number of aromatic nitrogens is 2. The molecule has 2 heterocycles. The Morgan fingerprint density at radius 2 is 1.80 bits per heavy atom. The summed E-state index contributed by atoms with van der Waals surface area (Å²) in [4.78, 5) is 11.8. The van der Waals surface area contributed by atoms with Crippen molar-refractivity contribution < 1.29 is 17.2 Å². The van der Waals surface area contributed by atoms with Crippen molar-refractivity contribution >= 4 is 21.7 Å². The second-order valence-electron chi connectivity index (χ2n) is 6.72. The summed E-state index contributed by atoms with van der Waals surface area (Å²) < 4.78 is 57.0. The summed E-state index contributed by atoms with van der Waals surface area (Å²) in [5.74, 6) is -1.97. The molecule has 1 unspecified atom stereocenters. The van der Waals surface area contributed by atoms with Crippen LogP contribution in [-0.4, -0.2) is 24.3 Å². The van der Waals surface area contributed by atoms with E-state index in [1.54, 1.807) is 31.5 Å². The highest BCUT2D eigenvalue weighted by atomic mass is 32.2. The number of benzene rings is 2. The molecule has 0 aliphatic carbocycles. The molecule has 3 aromatic rings. The molecule has 154 valence electrons. The second-order valence-corrected chi connectivity index (χ2v) is 8.37. The van der Waals surface area contributed by atoms with Gasteiger partial charge in [-0.25, -0.2) is 36.9 Å². The highest BCUT2D eigenvalue weighted by Gasteiger charge is 2.32. The minimum absolute atomic E-state index is 0.0348. The predicted molar refractivity (Wildman–Crippen MR) is 107 cm³/mol. The molecule has 0 fully saturated rings.